The monoisotopic (exact) mass is 475 g/mol. The fourth-order valence-corrected chi connectivity index (χ4v) is 3.60. The van der Waals surface area contributed by atoms with Crippen molar-refractivity contribution in [1.29, 1.82) is 0 Å². The summed E-state index contributed by atoms with van der Waals surface area (Å²) >= 11 is 3.31. The zero-order valence-electron chi connectivity index (χ0n) is 15.9. The van der Waals surface area contributed by atoms with Crippen LogP contribution in [-0.2, 0) is 11.5 Å². The molecule has 8 nitrogen and oxygen atoms in total. The van der Waals surface area contributed by atoms with Gasteiger partial charge in [-0.15, -0.1) is 5.10 Å². The summed E-state index contributed by atoms with van der Waals surface area (Å²) in [6.07, 6.45) is 3.20. The number of hydrogen-bond acceptors (Lipinski definition) is 6. The van der Waals surface area contributed by atoms with Gasteiger partial charge >= 0.3 is 5.76 Å². The van der Waals surface area contributed by atoms with Crippen LogP contribution < -0.4 is 11.1 Å². The normalized spacial score (nSPS) is 17.1. The number of piperidine rings is 1. The number of nitrogens with zero attached hydrogens (tertiary/aromatic N) is 4. The van der Waals surface area contributed by atoms with E-state index >= 15 is 0 Å². The summed E-state index contributed by atoms with van der Waals surface area (Å²) in [5.41, 5.74) is 0.519. The quantitative estimate of drug-likeness (QED) is 0.609. The zero-order chi connectivity index (χ0) is 21.1. The Morgan fingerprint density at radius 2 is 2.07 bits per heavy atom. The molecule has 0 radical (unpaired) electrons. The number of aromatic nitrogens is 3. The van der Waals surface area contributed by atoms with Gasteiger partial charge in [-0.2, -0.15) is 4.68 Å². The molecule has 1 N–H and O–H groups in total. The predicted octanol–water partition coefficient (Wildman–Crippen LogP) is 3.11. The third kappa shape index (κ3) is 4.82. The van der Waals surface area contributed by atoms with Crippen LogP contribution in [-0.4, -0.2) is 38.7 Å². The van der Waals surface area contributed by atoms with Gasteiger partial charge in [0.15, 0.2) is 0 Å². The Labute approximate surface area is 179 Å². The predicted molar refractivity (Wildman–Crippen MR) is 111 cm³/mol. The number of halogens is 2. The van der Waals surface area contributed by atoms with E-state index in [1.165, 1.54) is 28.9 Å². The first-order chi connectivity index (χ1) is 14.5. The number of hydrogen-bond donors (Lipinski definition) is 1. The van der Waals surface area contributed by atoms with Gasteiger partial charge in [0.05, 0.1) is 5.92 Å². The van der Waals surface area contributed by atoms with E-state index in [0.717, 1.165) is 23.9 Å². The summed E-state index contributed by atoms with van der Waals surface area (Å²) in [5.74, 6) is -0.668. The third-order valence-electron chi connectivity index (χ3n) is 4.89. The van der Waals surface area contributed by atoms with Crippen LogP contribution in [0.4, 0.5) is 10.2 Å². The molecule has 0 aliphatic carbocycles. The van der Waals surface area contributed by atoms with Gasteiger partial charge in [-0.1, -0.05) is 0 Å². The molecule has 0 bridgehead atoms. The minimum absolute atomic E-state index is 0.103. The molecule has 1 aliphatic heterocycles. The molecule has 4 rings (SSSR count). The Bertz CT molecular complexity index is 1080. The molecule has 1 aliphatic rings. The number of carbonyl (C=O) groups is 1. The molecule has 1 amide bonds. The number of carbonyl (C=O) groups excluding carboxylic acids is 1. The van der Waals surface area contributed by atoms with Gasteiger partial charge in [0, 0.05) is 22.8 Å². The molecule has 2 aromatic heterocycles. The maximum absolute atomic E-state index is 13.1. The zero-order valence-corrected chi connectivity index (χ0v) is 17.5. The molecule has 0 spiro atoms. The molecule has 3 heterocycles. The lowest BCUT2D eigenvalue weighted by Crippen LogP contribution is -2.42. The van der Waals surface area contributed by atoms with Crippen molar-refractivity contribution in [3.63, 3.8) is 0 Å². The second-order valence-electron chi connectivity index (χ2n) is 7.09. The lowest BCUT2D eigenvalue weighted by atomic mass is 9.97. The van der Waals surface area contributed by atoms with Gasteiger partial charge < -0.3 is 9.73 Å². The minimum atomic E-state index is -0.597. The van der Waals surface area contributed by atoms with Gasteiger partial charge in [0.25, 0.3) is 0 Å². The van der Waals surface area contributed by atoms with E-state index in [1.807, 2.05) is 11.0 Å². The summed E-state index contributed by atoms with van der Waals surface area (Å²) in [4.78, 5) is 30.9. The molecule has 1 aromatic carbocycles. The van der Waals surface area contributed by atoms with Crippen LogP contribution in [0, 0.1) is 11.7 Å². The van der Waals surface area contributed by atoms with Crippen LogP contribution in [0.25, 0.3) is 11.5 Å². The summed E-state index contributed by atoms with van der Waals surface area (Å²) in [5, 5.41) is 7.04. The number of nitrogens with one attached hydrogen (secondary N) is 1. The van der Waals surface area contributed by atoms with Crippen molar-refractivity contribution < 1.29 is 13.6 Å². The van der Waals surface area contributed by atoms with Crippen molar-refractivity contribution in [3.05, 3.63) is 63.4 Å². The van der Waals surface area contributed by atoms with Crippen molar-refractivity contribution in [2.45, 2.75) is 19.5 Å². The van der Waals surface area contributed by atoms with E-state index in [-0.39, 0.29) is 30.2 Å². The number of likely N-dealkylation sites (tertiary alicyclic amines) is 1. The van der Waals surface area contributed by atoms with Gasteiger partial charge in [0.2, 0.25) is 11.8 Å². The average molecular weight is 476 g/mol. The highest BCUT2D eigenvalue weighted by Crippen LogP contribution is 2.20. The van der Waals surface area contributed by atoms with Crippen LogP contribution in [0.2, 0.25) is 0 Å². The standard InChI is InChI=1S/C20H19BrFN5O3/c21-15-5-8-17(23-10-15)24-18(28)14-2-1-9-26(11-14)12-27-20(29)30-19(25-27)13-3-6-16(22)7-4-13/h3-8,10,14H,1-2,9,11-12H2,(H,23,24,28)/t14-/m0/s1. The molecule has 1 fully saturated rings. The molecule has 30 heavy (non-hydrogen) atoms. The molecule has 0 saturated carbocycles. The van der Waals surface area contributed by atoms with E-state index in [9.17, 15) is 14.0 Å². The number of rotatable bonds is 5. The van der Waals surface area contributed by atoms with Crippen molar-refractivity contribution >= 4 is 27.7 Å². The Morgan fingerprint density at radius 1 is 1.27 bits per heavy atom. The maximum atomic E-state index is 13.1. The van der Waals surface area contributed by atoms with Gasteiger partial charge in [-0.25, -0.2) is 14.2 Å². The Morgan fingerprint density at radius 3 is 2.80 bits per heavy atom. The van der Waals surface area contributed by atoms with Gasteiger partial charge in [0.1, 0.15) is 18.3 Å². The van der Waals surface area contributed by atoms with E-state index in [4.69, 9.17) is 4.42 Å². The highest BCUT2D eigenvalue weighted by atomic mass is 79.9. The number of pyridine rings is 1. The Kier molecular flexibility index (Phi) is 6.05. The first-order valence-corrected chi connectivity index (χ1v) is 10.3. The van der Waals surface area contributed by atoms with Crippen LogP contribution in [0.1, 0.15) is 12.8 Å². The second-order valence-corrected chi connectivity index (χ2v) is 8.00. The first-order valence-electron chi connectivity index (χ1n) is 9.46. The van der Waals surface area contributed by atoms with Gasteiger partial charge in [-0.3, -0.25) is 9.69 Å². The Hall–Kier alpha value is -2.85. The van der Waals surface area contributed by atoms with Crippen molar-refractivity contribution in [3.8, 4) is 11.5 Å². The second kappa shape index (κ2) is 8.88. The average Bonchev–Trinajstić information content (AvgIpc) is 3.10. The fraction of sp³-hybridized carbons (Fsp3) is 0.300. The molecule has 10 heteroatoms. The lowest BCUT2D eigenvalue weighted by Gasteiger charge is -2.31. The number of anilines is 1. The smallest absolute Gasteiger partial charge is 0.388 e. The number of amides is 1. The first kappa shape index (κ1) is 20.4. The third-order valence-corrected chi connectivity index (χ3v) is 5.36. The van der Waals surface area contributed by atoms with Crippen LogP contribution in [0.5, 0.6) is 0 Å². The molecular formula is C20H19BrFN5O3. The van der Waals surface area contributed by atoms with Crippen LogP contribution in [0.15, 0.2) is 56.3 Å². The summed E-state index contributed by atoms with van der Waals surface area (Å²) in [7, 11) is 0. The van der Waals surface area contributed by atoms with Crippen molar-refractivity contribution in [1.82, 2.24) is 19.7 Å². The molecule has 3 aromatic rings. The fourth-order valence-electron chi connectivity index (χ4n) is 3.37. The van der Waals surface area contributed by atoms with Crippen molar-refractivity contribution in [2.75, 3.05) is 18.4 Å². The van der Waals surface area contributed by atoms with Crippen LogP contribution >= 0.6 is 15.9 Å². The summed E-state index contributed by atoms with van der Waals surface area (Å²) in [6.45, 7) is 1.45. The highest BCUT2D eigenvalue weighted by Gasteiger charge is 2.27. The maximum Gasteiger partial charge on any atom is 0.438 e. The van der Waals surface area contributed by atoms with E-state index in [0.29, 0.717) is 17.9 Å². The molecular weight excluding hydrogens is 457 g/mol. The van der Waals surface area contributed by atoms with E-state index < -0.39 is 5.76 Å². The molecule has 1 saturated heterocycles. The van der Waals surface area contributed by atoms with Crippen LogP contribution in [0.3, 0.4) is 0 Å². The summed E-state index contributed by atoms with van der Waals surface area (Å²) < 4.78 is 20.3. The van der Waals surface area contributed by atoms with Gasteiger partial charge in [-0.05, 0) is 71.7 Å². The largest absolute Gasteiger partial charge is 0.438 e. The highest BCUT2D eigenvalue weighted by molar-refractivity contribution is 9.10. The Balaban J connectivity index is 1.40. The SMILES string of the molecule is O=C(Nc1ccc(Br)cn1)[C@H]1CCCN(Cn2nc(-c3ccc(F)cc3)oc2=O)C1. The van der Waals surface area contributed by atoms with E-state index in [2.05, 4.69) is 31.3 Å². The molecule has 0 unspecified atom stereocenters. The minimum Gasteiger partial charge on any atom is -0.388 e. The van der Waals surface area contributed by atoms with Crippen molar-refractivity contribution in [2.24, 2.45) is 5.92 Å². The topological polar surface area (TPSA) is 93.3 Å². The molecule has 1 atom stereocenters. The van der Waals surface area contributed by atoms with E-state index in [1.54, 1.807) is 12.3 Å². The summed E-state index contributed by atoms with van der Waals surface area (Å²) in [6, 6.07) is 9.11. The number of benzene rings is 1. The lowest BCUT2D eigenvalue weighted by molar-refractivity contribution is -0.121. The molecule has 156 valence electrons.